The molecule has 1 aromatic rings. The normalized spacial score (nSPS) is 15.9. The second-order valence-corrected chi connectivity index (χ2v) is 5.30. The zero-order valence-electron chi connectivity index (χ0n) is 10.9. The van der Waals surface area contributed by atoms with Gasteiger partial charge in [-0.3, -0.25) is 4.79 Å². The Hall–Kier alpha value is -1.06. The molecule has 3 nitrogen and oxygen atoms in total. The summed E-state index contributed by atoms with van der Waals surface area (Å²) in [5, 5.41) is 4.00. The highest BCUT2D eigenvalue weighted by Gasteiger charge is 2.28. The van der Waals surface area contributed by atoms with Gasteiger partial charge in [0.1, 0.15) is 0 Å². The van der Waals surface area contributed by atoms with Crippen molar-refractivity contribution in [2.75, 3.05) is 24.5 Å². The van der Waals surface area contributed by atoms with E-state index in [0.717, 1.165) is 30.9 Å². The zero-order chi connectivity index (χ0) is 13.1. The van der Waals surface area contributed by atoms with Crippen LogP contribution in [0, 0.1) is 5.92 Å². The Morgan fingerprint density at radius 1 is 1.50 bits per heavy atom. The highest BCUT2D eigenvalue weighted by atomic mass is 35.5. The van der Waals surface area contributed by atoms with E-state index in [1.54, 1.807) is 0 Å². The lowest BCUT2D eigenvalue weighted by Gasteiger charge is -2.22. The monoisotopic (exact) mass is 266 g/mol. The molecular formula is C14H19ClN2O. The second kappa shape index (κ2) is 5.72. The van der Waals surface area contributed by atoms with Crippen LogP contribution in [0.4, 0.5) is 5.69 Å². The predicted octanol–water partition coefficient (Wildman–Crippen LogP) is 2.47. The minimum Gasteiger partial charge on any atom is -0.317 e. The van der Waals surface area contributed by atoms with Crippen LogP contribution in [-0.2, 0) is 11.2 Å². The van der Waals surface area contributed by atoms with Crippen molar-refractivity contribution in [2.45, 2.75) is 20.3 Å². The smallest absolute Gasteiger partial charge is 0.231 e. The third kappa shape index (κ3) is 2.85. The van der Waals surface area contributed by atoms with E-state index >= 15 is 0 Å². The molecule has 1 atom stereocenters. The molecule has 0 saturated carbocycles. The maximum Gasteiger partial charge on any atom is 0.231 e. The van der Waals surface area contributed by atoms with Crippen LogP contribution in [-0.4, -0.2) is 25.5 Å². The minimum atomic E-state index is 0.176. The molecule has 1 amide bonds. The Morgan fingerprint density at radius 3 is 3.00 bits per heavy atom. The van der Waals surface area contributed by atoms with Gasteiger partial charge in [-0.2, -0.15) is 0 Å². The quantitative estimate of drug-likeness (QED) is 0.888. The molecule has 18 heavy (non-hydrogen) atoms. The molecule has 1 heterocycles. The van der Waals surface area contributed by atoms with Gasteiger partial charge < -0.3 is 10.2 Å². The Labute approximate surface area is 113 Å². The van der Waals surface area contributed by atoms with E-state index in [4.69, 9.17) is 11.6 Å². The molecule has 2 rings (SSSR count). The van der Waals surface area contributed by atoms with Gasteiger partial charge >= 0.3 is 0 Å². The third-order valence-electron chi connectivity index (χ3n) is 3.22. The minimum absolute atomic E-state index is 0.176. The molecule has 1 N–H and O–H groups in total. The molecule has 0 aliphatic carbocycles. The van der Waals surface area contributed by atoms with Crippen LogP contribution >= 0.6 is 11.6 Å². The lowest BCUT2D eigenvalue weighted by atomic mass is 10.1. The average Bonchev–Trinajstić information content (AvgIpc) is 2.63. The summed E-state index contributed by atoms with van der Waals surface area (Å²) in [6, 6.07) is 5.69. The van der Waals surface area contributed by atoms with Crippen molar-refractivity contribution in [3.05, 3.63) is 28.8 Å². The molecule has 0 saturated heterocycles. The van der Waals surface area contributed by atoms with Crippen LogP contribution in [0.2, 0.25) is 5.02 Å². The van der Waals surface area contributed by atoms with Crippen molar-refractivity contribution in [2.24, 2.45) is 5.92 Å². The number of nitrogens with one attached hydrogen (secondary N) is 1. The predicted molar refractivity (Wildman–Crippen MR) is 75.2 cm³/mol. The first-order valence-electron chi connectivity index (χ1n) is 6.41. The van der Waals surface area contributed by atoms with Crippen molar-refractivity contribution < 1.29 is 4.79 Å². The molecule has 98 valence electrons. The fraction of sp³-hybridized carbons (Fsp3) is 0.500. The maximum atomic E-state index is 12.0. The van der Waals surface area contributed by atoms with Gasteiger partial charge in [0.2, 0.25) is 5.91 Å². The number of amides is 1. The first-order valence-corrected chi connectivity index (χ1v) is 6.79. The van der Waals surface area contributed by atoms with Gasteiger partial charge in [-0.1, -0.05) is 31.5 Å². The fourth-order valence-electron chi connectivity index (χ4n) is 2.30. The lowest BCUT2D eigenvalue weighted by molar-refractivity contribution is -0.117. The van der Waals surface area contributed by atoms with Crippen LogP contribution in [0.3, 0.4) is 0 Å². The number of carbonyl (C=O) groups excluding carboxylic acids is 1. The molecule has 0 radical (unpaired) electrons. The molecule has 0 aromatic heterocycles. The van der Waals surface area contributed by atoms with Crippen LogP contribution in [0.15, 0.2) is 18.2 Å². The number of carbonyl (C=O) groups is 1. The van der Waals surface area contributed by atoms with E-state index < -0.39 is 0 Å². The molecule has 4 heteroatoms. The van der Waals surface area contributed by atoms with Gasteiger partial charge in [0.05, 0.1) is 6.42 Å². The highest BCUT2D eigenvalue weighted by molar-refractivity contribution is 6.31. The molecule has 1 aliphatic heterocycles. The topological polar surface area (TPSA) is 32.3 Å². The number of anilines is 1. The first kappa shape index (κ1) is 13.4. The molecule has 1 aromatic carbocycles. The van der Waals surface area contributed by atoms with E-state index in [2.05, 4.69) is 19.2 Å². The molecule has 1 unspecified atom stereocenters. The molecule has 1 aliphatic rings. The Morgan fingerprint density at radius 2 is 2.28 bits per heavy atom. The van der Waals surface area contributed by atoms with Crippen molar-refractivity contribution >= 4 is 23.2 Å². The van der Waals surface area contributed by atoms with Gasteiger partial charge in [0.15, 0.2) is 0 Å². The summed E-state index contributed by atoms with van der Waals surface area (Å²) in [4.78, 5) is 13.9. The maximum absolute atomic E-state index is 12.0. The molecular weight excluding hydrogens is 248 g/mol. The van der Waals surface area contributed by atoms with E-state index in [9.17, 15) is 4.79 Å². The molecule has 0 bridgehead atoms. The number of benzene rings is 1. The average molecular weight is 267 g/mol. The summed E-state index contributed by atoms with van der Waals surface area (Å²) in [6.07, 6.45) is 0.500. The third-order valence-corrected chi connectivity index (χ3v) is 3.45. The van der Waals surface area contributed by atoms with Gasteiger partial charge in [0.25, 0.3) is 0 Å². The number of hydrogen-bond acceptors (Lipinski definition) is 2. The lowest BCUT2D eigenvalue weighted by Crippen LogP contribution is -2.35. The fourth-order valence-corrected chi connectivity index (χ4v) is 2.46. The van der Waals surface area contributed by atoms with Crippen LogP contribution in [0.5, 0.6) is 0 Å². The van der Waals surface area contributed by atoms with Gasteiger partial charge in [-0.25, -0.2) is 0 Å². The van der Waals surface area contributed by atoms with Crippen molar-refractivity contribution in [1.29, 1.82) is 0 Å². The Bertz CT molecular complexity index is 447. The summed E-state index contributed by atoms with van der Waals surface area (Å²) >= 11 is 6.01. The van der Waals surface area contributed by atoms with Crippen LogP contribution in [0.25, 0.3) is 0 Å². The van der Waals surface area contributed by atoms with Crippen molar-refractivity contribution in [3.8, 4) is 0 Å². The number of fused-ring (bicyclic) bond motifs is 1. The highest BCUT2D eigenvalue weighted by Crippen LogP contribution is 2.31. The summed E-state index contributed by atoms with van der Waals surface area (Å²) in [7, 11) is 0. The number of hydrogen-bond donors (Lipinski definition) is 1. The zero-order valence-corrected chi connectivity index (χ0v) is 11.6. The first-order chi connectivity index (χ1) is 8.61. The Kier molecular flexibility index (Phi) is 4.25. The standard InChI is InChI=1S/C14H19ClN2O/c1-3-16-8-10(2)9-17-13-7-12(15)5-4-11(13)6-14(17)18/h4-5,7,10,16H,3,6,8-9H2,1-2H3. The number of halogens is 1. The van der Waals surface area contributed by atoms with Crippen molar-refractivity contribution in [3.63, 3.8) is 0 Å². The van der Waals surface area contributed by atoms with Gasteiger partial charge in [0, 0.05) is 17.3 Å². The van der Waals surface area contributed by atoms with E-state index in [1.165, 1.54) is 0 Å². The summed E-state index contributed by atoms with van der Waals surface area (Å²) in [5.74, 6) is 0.606. The summed E-state index contributed by atoms with van der Waals surface area (Å²) in [6.45, 7) is 6.87. The SMILES string of the molecule is CCNCC(C)CN1C(=O)Cc2ccc(Cl)cc21. The van der Waals surface area contributed by atoms with E-state index in [-0.39, 0.29) is 5.91 Å². The number of rotatable bonds is 5. The largest absolute Gasteiger partial charge is 0.317 e. The van der Waals surface area contributed by atoms with E-state index in [0.29, 0.717) is 17.4 Å². The van der Waals surface area contributed by atoms with E-state index in [1.807, 2.05) is 23.1 Å². The molecule has 0 fully saturated rings. The summed E-state index contributed by atoms with van der Waals surface area (Å²) in [5.41, 5.74) is 2.07. The molecule has 0 spiro atoms. The van der Waals surface area contributed by atoms with Gasteiger partial charge in [-0.15, -0.1) is 0 Å². The van der Waals surface area contributed by atoms with Crippen molar-refractivity contribution in [1.82, 2.24) is 5.32 Å². The number of nitrogens with zero attached hydrogens (tertiary/aromatic N) is 1. The van der Waals surface area contributed by atoms with Crippen LogP contribution in [0.1, 0.15) is 19.4 Å². The second-order valence-electron chi connectivity index (χ2n) is 4.87. The summed E-state index contributed by atoms with van der Waals surface area (Å²) < 4.78 is 0. The van der Waals surface area contributed by atoms with Gasteiger partial charge in [-0.05, 0) is 36.7 Å². The van der Waals surface area contributed by atoms with Crippen LogP contribution < -0.4 is 10.2 Å². The Balaban J connectivity index is 2.10.